The van der Waals surface area contributed by atoms with E-state index in [2.05, 4.69) is 15.9 Å². The maximum absolute atomic E-state index is 12.8. The molecule has 0 saturated carbocycles. The molecule has 2 aromatic rings. The van der Waals surface area contributed by atoms with Gasteiger partial charge in [-0.3, -0.25) is 4.79 Å². The molecule has 4 rings (SSSR count). The van der Waals surface area contributed by atoms with Crippen LogP contribution in [-0.4, -0.2) is 17.1 Å². The van der Waals surface area contributed by atoms with E-state index in [1.165, 1.54) is 4.68 Å². The van der Waals surface area contributed by atoms with Crippen molar-refractivity contribution in [2.24, 2.45) is 5.41 Å². The van der Waals surface area contributed by atoms with E-state index in [0.717, 1.165) is 5.56 Å². The lowest BCUT2D eigenvalue weighted by Crippen LogP contribution is -2.52. The highest BCUT2D eigenvalue weighted by Gasteiger charge is 2.45. The molecule has 0 saturated heterocycles. The number of allylic oxidation sites excluding steroid dienone is 1. The summed E-state index contributed by atoms with van der Waals surface area (Å²) < 4.78 is 6.22. The number of benzene rings is 1. The van der Waals surface area contributed by atoms with Crippen LogP contribution >= 0.6 is 0 Å². The molecule has 0 fully saturated rings. The summed E-state index contributed by atoms with van der Waals surface area (Å²) in [6.45, 7) is 5.90. The van der Waals surface area contributed by atoms with Crippen LogP contribution in [0.4, 0.5) is 4.79 Å². The second-order valence-electron chi connectivity index (χ2n) is 7.86. The van der Waals surface area contributed by atoms with Crippen LogP contribution in [0, 0.1) is 12.3 Å². The first-order valence-electron chi connectivity index (χ1n) is 8.75. The lowest BCUT2D eigenvalue weighted by atomic mass is 9.73. The summed E-state index contributed by atoms with van der Waals surface area (Å²) in [6, 6.07) is 5.99. The lowest BCUT2D eigenvalue weighted by molar-refractivity contribution is -0.678. The standard InChI is InChI=1S/C19H20N4O4/c1-10-4-6-11(7-5-10)23-16(17(25)27-22-23)15-14-12(20-18(26)21-15)8-19(2,3)9-13(14)24/h4-7,15H,8-9H2,1-3H3,(H2-,20,21,22,24,25,26). The van der Waals surface area contributed by atoms with Crippen LogP contribution in [0.5, 0.6) is 5.95 Å². The molecule has 1 atom stereocenters. The number of ketones is 1. The first-order chi connectivity index (χ1) is 12.7. The number of carbonyl (C=O) groups excluding carboxylic acids is 2. The molecule has 1 aliphatic heterocycles. The highest BCUT2D eigenvalue weighted by atomic mass is 16.6. The number of Topliss-reactive ketones (excluding diaryl/α,β-unsaturated/α-hetero) is 1. The van der Waals surface area contributed by atoms with Gasteiger partial charge in [0, 0.05) is 29.8 Å². The number of nitrogens with one attached hydrogen (secondary N) is 2. The minimum atomic E-state index is -0.905. The predicted octanol–water partition coefficient (Wildman–Crippen LogP) is 1.33. The zero-order valence-electron chi connectivity index (χ0n) is 15.3. The average molecular weight is 368 g/mol. The summed E-state index contributed by atoms with van der Waals surface area (Å²) in [4.78, 5) is 25.1. The van der Waals surface area contributed by atoms with Crippen LogP contribution in [0.25, 0.3) is 5.69 Å². The molecule has 2 heterocycles. The van der Waals surface area contributed by atoms with Gasteiger partial charge in [-0.15, -0.1) is 0 Å². The Kier molecular flexibility index (Phi) is 3.80. The van der Waals surface area contributed by atoms with Crippen molar-refractivity contribution >= 4 is 11.8 Å². The van der Waals surface area contributed by atoms with Gasteiger partial charge in [-0.25, -0.2) is 4.79 Å². The Hall–Kier alpha value is -3.16. The topological polar surface area (TPSA) is 111 Å². The lowest BCUT2D eigenvalue weighted by Gasteiger charge is -2.37. The maximum Gasteiger partial charge on any atom is 0.319 e. The summed E-state index contributed by atoms with van der Waals surface area (Å²) in [5, 5.41) is 21.7. The molecule has 8 nitrogen and oxygen atoms in total. The molecular formula is C19H20N4O4. The first-order valence-corrected chi connectivity index (χ1v) is 8.75. The second-order valence-corrected chi connectivity index (χ2v) is 7.86. The Morgan fingerprint density at radius 1 is 1.22 bits per heavy atom. The number of hydrogen-bond donors (Lipinski definition) is 2. The van der Waals surface area contributed by atoms with E-state index in [1.807, 2.05) is 32.9 Å². The predicted molar refractivity (Wildman–Crippen MR) is 91.7 cm³/mol. The van der Waals surface area contributed by atoms with Crippen molar-refractivity contribution < 1.29 is 23.9 Å². The molecule has 2 N–H and O–H groups in total. The smallest absolute Gasteiger partial charge is 0.319 e. The monoisotopic (exact) mass is 368 g/mol. The van der Waals surface area contributed by atoms with Gasteiger partial charge in [0.05, 0.1) is 5.27 Å². The van der Waals surface area contributed by atoms with Crippen LogP contribution in [-0.2, 0) is 4.79 Å². The second kappa shape index (κ2) is 5.94. The molecule has 2 aliphatic rings. The van der Waals surface area contributed by atoms with E-state index in [4.69, 9.17) is 4.52 Å². The molecule has 1 aromatic heterocycles. The number of carbonyl (C=O) groups is 2. The maximum atomic E-state index is 12.8. The number of nitrogens with zero attached hydrogens (tertiary/aromatic N) is 2. The Morgan fingerprint density at radius 2 is 1.93 bits per heavy atom. The Bertz CT molecular complexity index is 972. The van der Waals surface area contributed by atoms with Crippen molar-refractivity contribution in [3.05, 3.63) is 46.8 Å². The van der Waals surface area contributed by atoms with E-state index >= 15 is 0 Å². The third kappa shape index (κ3) is 2.97. The number of urea groups is 1. The molecule has 140 valence electrons. The SMILES string of the molecule is Cc1ccc(-[n+]2noc([O-])c2C2NC(=O)NC3=C2C(=O)CC(C)(C)C3)cc1. The Labute approximate surface area is 155 Å². The molecule has 0 bridgehead atoms. The van der Waals surface area contributed by atoms with Gasteiger partial charge >= 0.3 is 6.03 Å². The van der Waals surface area contributed by atoms with Gasteiger partial charge in [-0.05, 0) is 23.4 Å². The summed E-state index contributed by atoms with van der Waals surface area (Å²) in [5.74, 6) is -0.790. The number of amides is 2. The van der Waals surface area contributed by atoms with Gasteiger partial charge in [0.15, 0.2) is 17.8 Å². The van der Waals surface area contributed by atoms with Crippen molar-refractivity contribution in [3.8, 4) is 11.6 Å². The fraction of sp³-hybridized carbons (Fsp3) is 0.368. The summed E-state index contributed by atoms with van der Waals surface area (Å²) in [6.07, 6.45) is 0.881. The van der Waals surface area contributed by atoms with Gasteiger partial charge < -0.3 is 20.3 Å². The largest absolute Gasteiger partial charge is 0.539 e. The quantitative estimate of drug-likeness (QED) is 0.777. The van der Waals surface area contributed by atoms with Crippen molar-refractivity contribution in [1.82, 2.24) is 15.9 Å². The van der Waals surface area contributed by atoms with Crippen LogP contribution < -0.4 is 20.4 Å². The molecular weight excluding hydrogens is 348 g/mol. The summed E-state index contributed by atoms with van der Waals surface area (Å²) in [7, 11) is 0. The summed E-state index contributed by atoms with van der Waals surface area (Å²) in [5.41, 5.74) is 2.47. The highest BCUT2D eigenvalue weighted by molar-refractivity contribution is 6.01. The van der Waals surface area contributed by atoms with E-state index in [-0.39, 0.29) is 16.9 Å². The minimum absolute atomic E-state index is 0.102. The van der Waals surface area contributed by atoms with E-state index in [1.54, 1.807) is 12.1 Å². The summed E-state index contributed by atoms with van der Waals surface area (Å²) >= 11 is 0. The Morgan fingerprint density at radius 3 is 2.63 bits per heavy atom. The van der Waals surface area contributed by atoms with Crippen molar-refractivity contribution in [1.29, 1.82) is 0 Å². The number of aromatic nitrogens is 2. The third-order valence-electron chi connectivity index (χ3n) is 4.94. The van der Waals surface area contributed by atoms with E-state index in [0.29, 0.717) is 29.8 Å². The molecule has 1 aliphatic carbocycles. The van der Waals surface area contributed by atoms with Crippen LogP contribution in [0.15, 0.2) is 40.1 Å². The third-order valence-corrected chi connectivity index (χ3v) is 4.94. The normalized spacial score (nSPS) is 21.5. The number of hydrogen-bond acceptors (Lipinski definition) is 5. The molecule has 1 unspecified atom stereocenters. The van der Waals surface area contributed by atoms with Crippen molar-refractivity contribution in [3.63, 3.8) is 0 Å². The van der Waals surface area contributed by atoms with Gasteiger partial charge in [0.1, 0.15) is 0 Å². The molecule has 27 heavy (non-hydrogen) atoms. The molecule has 2 amide bonds. The molecule has 8 heteroatoms. The zero-order valence-corrected chi connectivity index (χ0v) is 15.3. The number of rotatable bonds is 2. The van der Waals surface area contributed by atoms with Gasteiger partial charge in [0.25, 0.3) is 5.69 Å². The van der Waals surface area contributed by atoms with Crippen LogP contribution in [0.3, 0.4) is 0 Å². The van der Waals surface area contributed by atoms with Crippen LogP contribution in [0.2, 0.25) is 0 Å². The highest BCUT2D eigenvalue weighted by Crippen LogP contribution is 2.41. The molecule has 0 radical (unpaired) electrons. The number of aryl methyl sites for hydroxylation is 1. The average Bonchev–Trinajstić information content (AvgIpc) is 2.94. The van der Waals surface area contributed by atoms with Gasteiger partial charge in [0.2, 0.25) is 5.69 Å². The first kappa shape index (κ1) is 17.3. The van der Waals surface area contributed by atoms with E-state index < -0.39 is 18.0 Å². The zero-order chi connectivity index (χ0) is 19.3. The minimum Gasteiger partial charge on any atom is -0.539 e. The van der Waals surface area contributed by atoms with Crippen molar-refractivity contribution in [2.45, 2.75) is 39.7 Å². The molecule has 0 spiro atoms. The van der Waals surface area contributed by atoms with E-state index in [9.17, 15) is 14.7 Å². The van der Waals surface area contributed by atoms with Crippen LogP contribution in [0.1, 0.15) is 44.0 Å². The van der Waals surface area contributed by atoms with Gasteiger partial charge in [-0.1, -0.05) is 31.5 Å². The molecule has 1 aromatic carbocycles. The fourth-order valence-electron chi connectivity index (χ4n) is 3.73. The van der Waals surface area contributed by atoms with Crippen molar-refractivity contribution in [2.75, 3.05) is 0 Å². The fourth-order valence-corrected chi connectivity index (χ4v) is 3.73. The van der Waals surface area contributed by atoms with Gasteiger partial charge in [-0.2, -0.15) is 0 Å². The Balaban J connectivity index is 1.86.